The highest BCUT2D eigenvalue weighted by molar-refractivity contribution is 5.72. The fourth-order valence-corrected chi connectivity index (χ4v) is 5.69. The molecule has 0 aromatic rings. The van der Waals surface area contributed by atoms with Gasteiger partial charge in [-0.15, -0.1) is 0 Å². The van der Waals surface area contributed by atoms with Crippen LogP contribution in [0.4, 0.5) is 0 Å². The van der Waals surface area contributed by atoms with Crippen molar-refractivity contribution in [2.24, 2.45) is 53.3 Å². The lowest BCUT2D eigenvalue weighted by molar-refractivity contribution is -0.293. The van der Waals surface area contributed by atoms with Crippen molar-refractivity contribution in [2.75, 3.05) is 19.8 Å². The van der Waals surface area contributed by atoms with Crippen LogP contribution in [0.3, 0.4) is 0 Å². The fourth-order valence-electron chi connectivity index (χ4n) is 5.69. The Balaban J connectivity index is 0.00000110. The van der Waals surface area contributed by atoms with Gasteiger partial charge in [0.25, 0.3) is 0 Å². The first-order valence-electron chi connectivity index (χ1n) is 15.4. The van der Waals surface area contributed by atoms with Gasteiger partial charge in [0.2, 0.25) is 0 Å². The van der Waals surface area contributed by atoms with Crippen molar-refractivity contribution in [1.82, 2.24) is 0 Å². The van der Waals surface area contributed by atoms with Gasteiger partial charge in [0.15, 0.2) is 12.6 Å². The minimum atomic E-state index is -0.220. The SMILES string of the molecule is CC.CC(C)=O.CC1COC(COC2OC(COC3OC(C)C(C)C(C)C3C)C(C)C(C)C2C)C(C)C1C. The van der Waals surface area contributed by atoms with Crippen molar-refractivity contribution in [3.63, 3.8) is 0 Å². The zero-order chi connectivity index (χ0) is 29.3. The number of carbonyl (C=O) groups is 1. The number of rotatable bonds is 6. The van der Waals surface area contributed by atoms with Crippen LogP contribution in [0.2, 0.25) is 0 Å². The van der Waals surface area contributed by atoms with Crippen molar-refractivity contribution < 1.29 is 28.5 Å². The quantitative estimate of drug-likeness (QED) is 0.353. The second kappa shape index (κ2) is 16.7. The lowest BCUT2D eigenvalue weighted by Gasteiger charge is -2.46. The van der Waals surface area contributed by atoms with E-state index in [0.717, 1.165) is 6.61 Å². The van der Waals surface area contributed by atoms with Gasteiger partial charge >= 0.3 is 0 Å². The lowest BCUT2D eigenvalue weighted by atomic mass is 9.78. The van der Waals surface area contributed by atoms with E-state index in [0.29, 0.717) is 66.5 Å². The zero-order valence-electron chi connectivity index (χ0n) is 27.2. The van der Waals surface area contributed by atoms with E-state index in [9.17, 15) is 4.79 Å². The molecule has 0 aliphatic carbocycles. The maximum atomic E-state index is 9.44. The molecule has 6 heteroatoms. The van der Waals surface area contributed by atoms with Gasteiger partial charge in [-0.2, -0.15) is 0 Å². The van der Waals surface area contributed by atoms with Crippen LogP contribution in [-0.2, 0) is 28.5 Å². The molecule has 3 fully saturated rings. The molecule has 226 valence electrons. The molecule has 38 heavy (non-hydrogen) atoms. The summed E-state index contributed by atoms with van der Waals surface area (Å²) in [5, 5.41) is 0. The second-order valence-electron chi connectivity index (χ2n) is 12.5. The van der Waals surface area contributed by atoms with E-state index in [1.165, 1.54) is 13.8 Å². The molecule has 0 aromatic carbocycles. The average molecular weight is 543 g/mol. The van der Waals surface area contributed by atoms with E-state index in [1.807, 2.05) is 13.8 Å². The number of hydrogen-bond acceptors (Lipinski definition) is 6. The summed E-state index contributed by atoms with van der Waals surface area (Å²) in [6.07, 6.45) is -0.0178. The van der Waals surface area contributed by atoms with Crippen LogP contribution in [-0.4, -0.2) is 56.5 Å². The molecular weight excluding hydrogens is 480 g/mol. The van der Waals surface area contributed by atoms with Crippen LogP contribution in [0.15, 0.2) is 0 Å². The number of ketones is 1. The normalized spacial score (nSPS) is 45.2. The van der Waals surface area contributed by atoms with E-state index >= 15 is 0 Å². The standard InChI is InChI=1S/C27H50O5.C3H6O.C2H6/c1-14-11-28-24(19(6)15(14)2)12-29-27-22(9)17(4)20(7)25(32-27)13-30-26-21(8)16(3)18(5)23(10)31-26;1-3(2)4;1-2/h14-27H,11-13H2,1-10H3;1-2H3;1-2H3. The number of Topliss-reactive ketones (excluding diaryl/α,β-unsaturated/α-hetero) is 1. The highest BCUT2D eigenvalue weighted by Gasteiger charge is 2.43. The number of ether oxygens (including phenoxy) is 5. The molecule has 0 amide bonds. The Morgan fingerprint density at radius 2 is 1.03 bits per heavy atom. The van der Waals surface area contributed by atoms with Crippen LogP contribution in [0.25, 0.3) is 0 Å². The minimum Gasteiger partial charge on any atom is -0.375 e. The predicted molar refractivity (Wildman–Crippen MR) is 155 cm³/mol. The first-order valence-corrected chi connectivity index (χ1v) is 15.4. The van der Waals surface area contributed by atoms with Gasteiger partial charge in [-0.1, -0.05) is 76.2 Å². The summed E-state index contributed by atoms with van der Waals surface area (Å²) in [6, 6.07) is 0. The Labute approximate surface area is 235 Å². The maximum Gasteiger partial charge on any atom is 0.160 e. The minimum absolute atomic E-state index is 0.00982. The smallest absolute Gasteiger partial charge is 0.160 e. The summed E-state index contributed by atoms with van der Waals surface area (Å²) < 4.78 is 31.5. The highest BCUT2D eigenvalue weighted by atomic mass is 16.7. The second-order valence-corrected chi connectivity index (χ2v) is 12.5. The third kappa shape index (κ3) is 9.54. The van der Waals surface area contributed by atoms with Crippen LogP contribution in [0.1, 0.15) is 96.9 Å². The topological polar surface area (TPSA) is 63.2 Å². The molecule has 3 saturated heterocycles. The Morgan fingerprint density at radius 1 is 0.605 bits per heavy atom. The molecule has 0 aromatic heterocycles. The van der Waals surface area contributed by atoms with Crippen molar-refractivity contribution >= 4 is 5.78 Å². The third-order valence-electron chi connectivity index (χ3n) is 9.90. The number of carbonyl (C=O) groups excluding carboxylic acids is 1. The fraction of sp³-hybridized carbons (Fsp3) is 0.969. The van der Waals surface area contributed by atoms with Crippen molar-refractivity contribution in [1.29, 1.82) is 0 Å². The van der Waals surface area contributed by atoms with Crippen LogP contribution in [0, 0.1) is 53.3 Å². The summed E-state index contributed by atoms with van der Waals surface area (Å²) in [4.78, 5) is 9.44. The molecule has 14 unspecified atom stereocenters. The Morgan fingerprint density at radius 3 is 1.55 bits per heavy atom. The highest BCUT2D eigenvalue weighted by Crippen LogP contribution is 2.39. The summed E-state index contributed by atoms with van der Waals surface area (Å²) in [7, 11) is 0. The van der Waals surface area contributed by atoms with Gasteiger partial charge in [-0.25, -0.2) is 0 Å². The summed E-state index contributed by atoms with van der Waals surface area (Å²) in [5.74, 6) is 4.63. The van der Waals surface area contributed by atoms with Crippen molar-refractivity contribution in [3.8, 4) is 0 Å². The molecule has 3 heterocycles. The molecule has 3 aliphatic rings. The van der Waals surface area contributed by atoms with Crippen LogP contribution >= 0.6 is 0 Å². The Kier molecular flexibility index (Phi) is 15.6. The van der Waals surface area contributed by atoms with Gasteiger partial charge < -0.3 is 28.5 Å². The van der Waals surface area contributed by atoms with Gasteiger partial charge in [0.05, 0.1) is 31.5 Å². The van der Waals surface area contributed by atoms with Gasteiger partial charge in [0, 0.05) is 18.4 Å². The van der Waals surface area contributed by atoms with E-state index < -0.39 is 0 Å². The van der Waals surface area contributed by atoms with Crippen molar-refractivity contribution in [3.05, 3.63) is 0 Å². The molecule has 6 nitrogen and oxygen atoms in total. The molecule has 0 spiro atoms. The van der Waals surface area contributed by atoms with E-state index in [4.69, 9.17) is 23.7 Å². The maximum absolute atomic E-state index is 9.44. The third-order valence-corrected chi connectivity index (χ3v) is 9.90. The van der Waals surface area contributed by atoms with Crippen LogP contribution < -0.4 is 0 Å². The first kappa shape index (κ1) is 35.5. The summed E-state index contributed by atoms with van der Waals surface area (Å²) in [5.41, 5.74) is 0. The monoisotopic (exact) mass is 542 g/mol. The lowest BCUT2D eigenvalue weighted by Crippen LogP contribution is -2.51. The first-order chi connectivity index (χ1) is 17.8. The molecule has 14 atom stereocenters. The molecule has 0 N–H and O–H groups in total. The molecule has 3 rings (SSSR count). The van der Waals surface area contributed by atoms with Crippen molar-refractivity contribution in [2.45, 2.75) is 128 Å². The van der Waals surface area contributed by atoms with E-state index in [1.54, 1.807) is 0 Å². The summed E-state index contributed by atoms with van der Waals surface area (Å²) >= 11 is 0. The summed E-state index contributed by atoms with van der Waals surface area (Å²) in [6.45, 7) is 31.7. The predicted octanol–water partition coefficient (Wildman–Crippen LogP) is 7.23. The molecular formula is C32H62O6. The number of hydrogen-bond donors (Lipinski definition) is 0. The van der Waals surface area contributed by atoms with Gasteiger partial charge in [-0.05, 0) is 62.2 Å². The van der Waals surface area contributed by atoms with E-state index in [-0.39, 0.29) is 36.7 Å². The van der Waals surface area contributed by atoms with Crippen LogP contribution in [0.5, 0.6) is 0 Å². The Hall–Kier alpha value is -0.530. The van der Waals surface area contributed by atoms with Gasteiger partial charge in [0.1, 0.15) is 5.78 Å². The molecule has 0 radical (unpaired) electrons. The zero-order valence-corrected chi connectivity index (χ0v) is 27.2. The molecule has 0 saturated carbocycles. The average Bonchev–Trinajstić information content (AvgIpc) is 2.88. The molecule has 3 aliphatic heterocycles. The van der Waals surface area contributed by atoms with Gasteiger partial charge in [-0.3, -0.25) is 0 Å². The molecule has 0 bridgehead atoms. The van der Waals surface area contributed by atoms with E-state index in [2.05, 4.69) is 69.2 Å². The Bertz CT molecular complexity index is 666. The largest absolute Gasteiger partial charge is 0.375 e.